The van der Waals surface area contributed by atoms with Crippen LogP contribution in [-0.2, 0) is 26.2 Å². The van der Waals surface area contributed by atoms with Crippen molar-refractivity contribution < 1.29 is 27.5 Å². The van der Waals surface area contributed by atoms with E-state index in [0.717, 1.165) is 41.8 Å². The minimum atomic E-state index is -3.90. The van der Waals surface area contributed by atoms with Gasteiger partial charge in [0.15, 0.2) is 0 Å². The Kier molecular flexibility index (Phi) is 9.79. The lowest BCUT2D eigenvalue weighted by Crippen LogP contribution is -2.53. The third kappa shape index (κ3) is 7.38. The third-order valence-electron chi connectivity index (χ3n) is 6.62. The van der Waals surface area contributed by atoms with Crippen molar-refractivity contribution in [2.45, 2.75) is 57.7 Å². The van der Waals surface area contributed by atoms with Crippen molar-refractivity contribution in [1.82, 2.24) is 10.2 Å². The van der Waals surface area contributed by atoms with Crippen LogP contribution in [0.2, 0.25) is 0 Å². The molecule has 9 nitrogen and oxygen atoms in total. The summed E-state index contributed by atoms with van der Waals surface area (Å²) in [6.07, 6.45) is 5.40. The Morgan fingerprint density at radius 3 is 2.30 bits per heavy atom. The van der Waals surface area contributed by atoms with Crippen LogP contribution in [0.25, 0.3) is 0 Å². The van der Waals surface area contributed by atoms with Crippen LogP contribution in [0.3, 0.4) is 0 Å². The first-order valence-electron chi connectivity index (χ1n) is 12.5. The minimum Gasteiger partial charge on any atom is -0.497 e. The largest absolute Gasteiger partial charge is 0.497 e. The van der Waals surface area contributed by atoms with Gasteiger partial charge in [0.1, 0.15) is 24.1 Å². The molecule has 2 aromatic carbocycles. The fourth-order valence-electron chi connectivity index (χ4n) is 4.65. The number of carbonyl (C=O) groups is 2. The molecule has 2 amide bonds. The first-order chi connectivity index (χ1) is 17.7. The number of ether oxygens (including phenoxy) is 2. The number of sulfonamides is 1. The maximum absolute atomic E-state index is 13.8. The lowest BCUT2D eigenvalue weighted by atomic mass is 10.1. The normalized spacial score (nSPS) is 14.6. The van der Waals surface area contributed by atoms with Crippen molar-refractivity contribution in [3.63, 3.8) is 0 Å². The Bertz CT molecular complexity index is 1170. The first kappa shape index (κ1) is 28.3. The molecule has 0 heterocycles. The van der Waals surface area contributed by atoms with Gasteiger partial charge >= 0.3 is 0 Å². The summed E-state index contributed by atoms with van der Waals surface area (Å²) in [7, 11) is -1.00. The summed E-state index contributed by atoms with van der Waals surface area (Å²) in [5.74, 6) is -0.0174. The molecule has 0 aromatic heterocycles. The number of rotatable bonds is 12. The molecule has 202 valence electrons. The van der Waals surface area contributed by atoms with Crippen molar-refractivity contribution in [2.24, 2.45) is 0 Å². The molecular formula is C27H37N3O6S. The highest BCUT2D eigenvalue weighted by Gasteiger charge is 2.33. The molecule has 1 aliphatic rings. The van der Waals surface area contributed by atoms with Gasteiger partial charge in [-0.25, -0.2) is 8.42 Å². The Labute approximate surface area is 219 Å². The summed E-state index contributed by atoms with van der Waals surface area (Å²) in [4.78, 5) is 28.6. The topological polar surface area (TPSA) is 105 Å². The van der Waals surface area contributed by atoms with E-state index in [2.05, 4.69) is 5.32 Å². The van der Waals surface area contributed by atoms with Gasteiger partial charge in [-0.05, 0) is 37.0 Å². The number of anilines is 1. The van der Waals surface area contributed by atoms with Crippen LogP contribution in [0.1, 0.15) is 44.6 Å². The van der Waals surface area contributed by atoms with Gasteiger partial charge in [0, 0.05) is 18.7 Å². The predicted octanol–water partition coefficient (Wildman–Crippen LogP) is 3.34. The average molecular weight is 532 g/mol. The van der Waals surface area contributed by atoms with E-state index in [9.17, 15) is 18.0 Å². The molecule has 0 radical (unpaired) electrons. The zero-order valence-electron chi connectivity index (χ0n) is 22.0. The molecule has 1 atom stereocenters. The second-order valence-corrected chi connectivity index (χ2v) is 11.1. The second-order valence-electron chi connectivity index (χ2n) is 9.23. The van der Waals surface area contributed by atoms with E-state index in [1.807, 2.05) is 37.3 Å². The van der Waals surface area contributed by atoms with Crippen molar-refractivity contribution in [2.75, 3.05) is 31.3 Å². The van der Waals surface area contributed by atoms with Crippen molar-refractivity contribution in [1.29, 1.82) is 0 Å². The SMILES string of the molecule is CCC(C(=O)NC1CCCC1)N(Cc1ccccc1)C(=O)CN(c1cc(OC)ccc1OC)S(C)(=O)=O. The zero-order valence-corrected chi connectivity index (χ0v) is 22.8. The van der Waals surface area contributed by atoms with Crippen LogP contribution in [0.4, 0.5) is 5.69 Å². The monoisotopic (exact) mass is 531 g/mol. The number of amides is 2. The number of hydrogen-bond donors (Lipinski definition) is 1. The van der Waals surface area contributed by atoms with Crippen LogP contribution in [-0.4, -0.2) is 64.2 Å². The van der Waals surface area contributed by atoms with Crippen molar-refractivity contribution in [3.05, 3.63) is 54.1 Å². The minimum absolute atomic E-state index is 0.101. The van der Waals surface area contributed by atoms with Crippen LogP contribution < -0.4 is 19.1 Å². The summed E-state index contributed by atoms with van der Waals surface area (Å²) >= 11 is 0. The molecule has 10 heteroatoms. The number of hydrogen-bond acceptors (Lipinski definition) is 6. The molecule has 0 bridgehead atoms. The van der Waals surface area contributed by atoms with E-state index >= 15 is 0 Å². The standard InChI is InChI=1S/C27H37N3O6S/c1-5-23(27(32)28-21-13-9-10-14-21)29(18-20-11-7-6-8-12-20)26(31)19-30(37(4,33)34)24-17-22(35-2)15-16-25(24)36-3/h6-8,11-12,15-17,21,23H,5,9-10,13-14,18-19H2,1-4H3,(H,28,32). The van der Waals surface area contributed by atoms with E-state index < -0.39 is 28.5 Å². The summed E-state index contributed by atoms with van der Waals surface area (Å²) in [6.45, 7) is 1.52. The number of methoxy groups -OCH3 is 2. The smallest absolute Gasteiger partial charge is 0.244 e. The summed E-state index contributed by atoms with van der Waals surface area (Å²) in [6, 6.07) is 13.4. The summed E-state index contributed by atoms with van der Waals surface area (Å²) < 4.78 is 37.5. The highest BCUT2D eigenvalue weighted by molar-refractivity contribution is 7.92. The molecule has 1 N–H and O–H groups in total. The zero-order chi connectivity index (χ0) is 27.0. The van der Waals surface area contributed by atoms with E-state index in [4.69, 9.17) is 9.47 Å². The fraction of sp³-hybridized carbons (Fsp3) is 0.481. The van der Waals surface area contributed by atoms with Gasteiger partial charge in [0.2, 0.25) is 21.8 Å². The molecule has 2 aromatic rings. The van der Waals surface area contributed by atoms with Gasteiger partial charge in [-0.15, -0.1) is 0 Å². The van der Waals surface area contributed by atoms with Gasteiger partial charge in [-0.3, -0.25) is 13.9 Å². The van der Waals surface area contributed by atoms with Crippen LogP contribution in [0, 0.1) is 0 Å². The lowest BCUT2D eigenvalue weighted by Gasteiger charge is -2.33. The van der Waals surface area contributed by atoms with Crippen molar-refractivity contribution in [3.8, 4) is 11.5 Å². The van der Waals surface area contributed by atoms with Crippen LogP contribution in [0.15, 0.2) is 48.5 Å². The Morgan fingerprint density at radius 1 is 1.05 bits per heavy atom. The summed E-state index contributed by atoms with van der Waals surface area (Å²) in [5, 5.41) is 3.10. The molecular weight excluding hydrogens is 494 g/mol. The molecule has 0 spiro atoms. The highest BCUT2D eigenvalue weighted by atomic mass is 32.2. The van der Waals surface area contributed by atoms with Crippen molar-refractivity contribution >= 4 is 27.5 Å². The van der Waals surface area contributed by atoms with E-state index in [1.165, 1.54) is 25.2 Å². The Hall–Kier alpha value is -3.27. The molecule has 37 heavy (non-hydrogen) atoms. The van der Waals surface area contributed by atoms with Crippen LogP contribution >= 0.6 is 0 Å². The quantitative estimate of drug-likeness (QED) is 0.451. The second kappa shape index (κ2) is 12.8. The maximum Gasteiger partial charge on any atom is 0.244 e. The first-order valence-corrected chi connectivity index (χ1v) is 14.4. The highest BCUT2D eigenvalue weighted by Crippen LogP contribution is 2.34. The van der Waals surface area contributed by atoms with Gasteiger partial charge < -0.3 is 19.7 Å². The maximum atomic E-state index is 13.8. The molecule has 3 rings (SSSR count). The number of benzene rings is 2. The number of nitrogens with one attached hydrogen (secondary N) is 1. The van der Waals surface area contributed by atoms with Gasteiger partial charge in [-0.1, -0.05) is 50.1 Å². The lowest BCUT2D eigenvalue weighted by molar-refractivity contribution is -0.140. The van der Waals surface area contributed by atoms with E-state index in [-0.39, 0.29) is 29.9 Å². The molecule has 1 fully saturated rings. The molecule has 1 unspecified atom stereocenters. The van der Waals surface area contributed by atoms with Gasteiger partial charge in [0.05, 0.1) is 26.2 Å². The van der Waals surface area contributed by atoms with E-state index in [0.29, 0.717) is 12.2 Å². The molecule has 0 saturated heterocycles. The van der Waals surface area contributed by atoms with E-state index in [1.54, 1.807) is 12.1 Å². The predicted molar refractivity (Wildman–Crippen MR) is 143 cm³/mol. The van der Waals surface area contributed by atoms with Crippen LogP contribution in [0.5, 0.6) is 11.5 Å². The molecule has 1 aliphatic carbocycles. The molecule has 1 saturated carbocycles. The fourth-order valence-corrected chi connectivity index (χ4v) is 5.50. The van der Waals surface area contributed by atoms with Gasteiger partial charge in [-0.2, -0.15) is 0 Å². The Morgan fingerprint density at radius 2 is 1.73 bits per heavy atom. The van der Waals surface area contributed by atoms with Gasteiger partial charge in [0.25, 0.3) is 0 Å². The average Bonchev–Trinajstić information content (AvgIpc) is 3.39. The number of nitrogens with zero attached hydrogens (tertiary/aromatic N) is 2. The number of carbonyl (C=O) groups excluding carboxylic acids is 2. The Balaban J connectivity index is 1.96. The molecule has 0 aliphatic heterocycles. The third-order valence-corrected chi connectivity index (χ3v) is 7.74. The summed E-state index contributed by atoms with van der Waals surface area (Å²) in [5.41, 5.74) is 1.02.